The molecule has 1 aromatic rings. The van der Waals surface area contributed by atoms with Gasteiger partial charge < -0.3 is 5.11 Å². The standard InChI is InChI=1S/C18H29N3O2/c1-17(2,3)15-7-8-16(22)21(19-15)12-14-6-4-11-20(14)13-18(23)9-5-10-18/h7-8,14,23H,4-6,9-13H2,1-3H3. The van der Waals surface area contributed by atoms with Crippen LogP contribution in [0, 0.1) is 0 Å². The molecule has 2 aliphatic rings. The van der Waals surface area contributed by atoms with E-state index in [-0.39, 0.29) is 11.0 Å². The molecule has 0 bridgehead atoms. The van der Waals surface area contributed by atoms with E-state index in [1.165, 1.54) is 0 Å². The van der Waals surface area contributed by atoms with Gasteiger partial charge >= 0.3 is 0 Å². The van der Waals surface area contributed by atoms with E-state index < -0.39 is 5.60 Å². The third-order valence-corrected chi connectivity index (χ3v) is 5.30. The quantitative estimate of drug-likeness (QED) is 0.921. The lowest BCUT2D eigenvalue weighted by Gasteiger charge is -2.41. The van der Waals surface area contributed by atoms with Gasteiger partial charge in [-0.3, -0.25) is 9.69 Å². The fraction of sp³-hybridized carbons (Fsp3) is 0.778. The molecule has 1 saturated carbocycles. The van der Waals surface area contributed by atoms with Crippen LogP contribution in [0.5, 0.6) is 0 Å². The fourth-order valence-corrected chi connectivity index (χ4v) is 3.61. The first kappa shape index (κ1) is 16.7. The molecular weight excluding hydrogens is 290 g/mol. The smallest absolute Gasteiger partial charge is 0.266 e. The molecule has 0 spiro atoms. The highest BCUT2D eigenvalue weighted by atomic mass is 16.3. The molecule has 3 rings (SSSR count). The van der Waals surface area contributed by atoms with Crippen molar-refractivity contribution in [2.24, 2.45) is 0 Å². The minimum atomic E-state index is -0.492. The van der Waals surface area contributed by atoms with Gasteiger partial charge in [-0.15, -0.1) is 0 Å². The Bertz CT molecular complexity index is 613. The number of likely N-dealkylation sites (tertiary alicyclic amines) is 1. The Labute approximate surface area is 138 Å². The Balaban J connectivity index is 1.74. The molecule has 1 saturated heterocycles. The first-order chi connectivity index (χ1) is 10.8. The highest BCUT2D eigenvalue weighted by molar-refractivity contribution is 5.10. The van der Waals surface area contributed by atoms with Crippen LogP contribution in [-0.4, -0.2) is 44.5 Å². The highest BCUT2D eigenvalue weighted by Crippen LogP contribution is 2.34. The summed E-state index contributed by atoms with van der Waals surface area (Å²) in [6.07, 6.45) is 5.16. The second-order valence-corrected chi connectivity index (χ2v) is 8.33. The minimum absolute atomic E-state index is 0.0350. The van der Waals surface area contributed by atoms with E-state index in [4.69, 9.17) is 0 Å². The zero-order valence-electron chi connectivity index (χ0n) is 14.6. The number of hydrogen-bond donors (Lipinski definition) is 1. The van der Waals surface area contributed by atoms with E-state index in [9.17, 15) is 9.90 Å². The van der Waals surface area contributed by atoms with Crippen molar-refractivity contribution < 1.29 is 5.11 Å². The number of hydrogen-bond acceptors (Lipinski definition) is 4. The molecule has 0 amide bonds. The first-order valence-corrected chi connectivity index (χ1v) is 8.82. The van der Waals surface area contributed by atoms with Crippen LogP contribution in [-0.2, 0) is 12.0 Å². The molecule has 0 radical (unpaired) electrons. The maximum absolute atomic E-state index is 12.2. The van der Waals surface area contributed by atoms with Gasteiger partial charge in [0.15, 0.2) is 0 Å². The van der Waals surface area contributed by atoms with Crippen LogP contribution < -0.4 is 5.56 Å². The predicted octanol–water partition coefficient (Wildman–Crippen LogP) is 1.92. The third-order valence-electron chi connectivity index (χ3n) is 5.30. The lowest BCUT2D eigenvalue weighted by atomic mass is 9.80. The van der Waals surface area contributed by atoms with Crippen LogP contribution in [0.1, 0.15) is 58.6 Å². The SMILES string of the molecule is CC(C)(C)c1ccc(=O)n(CC2CCCN2CC2(O)CCC2)n1. The topological polar surface area (TPSA) is 58.4 Å². The maximum atomic E-state index is 12.2. The number of aromatic nitrogens is 2. The molecule has 0 aromatic carbocycles. The van der Waals surface area contributed by atoms with Crippen molar-refractivity contribution in [2.45, 2.75) is 76.5 Å². The average Bonchev–Trinajstić information content (AvgIpc) is 2.85. The molecule has 5 nitrogen and oxygen atoms in total. The summed E-state index contributed by atoms with van der Waals surface area (Å²) in [5.41, 5.74) is 0.353. The maximum Gasteiger partial charge on any atom is 0.266 e. The van der Waals surface area contributed by atoms with Crippen molar-refractivity contribution in [2.75, 3.05) is 13.1 Å². The third kappa shape index (κ3) is 3.66. The van der Waals surface area contributed by atoms with E-state index in [0.29, 0.717) is 12.6 Å². The van der Waals surface area contributed by atoms with Gasteiger partial charge in [0.05, 0.1) is 17.8 Å². The minimum Gasteiger partial charge on any atom is -0.389 e. The Morgan fingerprint density at radius 3 is 2.65 bits per heavy atom. The van der Waals surface area contributed by atoms with Crippen LogP contribution in [0.15, 0.2) is 16.9 Å². The summed E-state index contributed by atoms with van der Waals surface area (Å²) in [6, 6.07) is 3.77. The highest BCUT2D eigenvalue weighted by Gasteiger charge is 2.39. The van der Waals surface area contributed by atoms with Gasteiger partial charge in [0, 0.05) is 24.1 Å². The van der Waals surface area contributed by atoms with E-state index in [2.05, 4.69) is 30.8 Å². The van der Waals surface area contributed by atoms with Gasteiger partial charge in [-0.05, 0) is 44.7 Å². The van der Waals surface area contributed by atoms with Gasteiger partial charge in [-0.25, -0.2) is 4.68 Å². The molecular formula is C18H29N3O2. The Morgan fingerprint density at radius 1 is 1.30 bits per heavy atom. The summed E-state index contributed by atoms with van der Waals surface area (Å²) in [6.45, 7) is 8.71. The monoisotopic (exact) mass is 319 g/mol. The van der Waals surface area contributed by atoms with Crippen molar-refractivity contribution in [1.82, 2.24) is 14.7 Å². The largest absolute Gasteiger partial charge is 0.389 e. The average molecular weight is 319 g/mol. The number of aliphatic hydroxyl groups is 1. The molecule has 5 heteroatoms. The second-order valence-electron chi connectivity index (χ2n) is 8.33. The van der Waals surface area contributed by atoms with Crippen molar-refractivity contribution in [3.8, 4) is 0 Å². The summed E-state index contributed by atoms with van der Waals surface area (Å²) in [5.74, 6) is 0. The Hall–Kier alpha value is -1.20. The zero-order chi connectivity index (χ0) is 16.7. The number of rotatable bonds is 4. The lowest BCUT2D eigenvalue weighted by molar-refractivity contribution is -0.0622. The van der Waals surface area contributed by atoms with Gasteiger partial charge in [0.25, 0.3) is 5.56 Å². The fourth-order valence-electron chi connectivity index (χ4n) is 3.61. The van der Waals surface area contributed by atoms with Crippen LogP contribution >= 0.6 is 0 Å². The molecule has 1 N–H and O–H groups in total. The van der Waals surface area contributed by atoms with Crippen molar-refractivity contribution >= 4 is 0 Å². The van der Waals surface area contributed by atoms with E-state index in [1.807, 2.05) is 6.07 Å². The normalized spacial score (nSPS) is 24.6. The van der Waals surface area contributed by atoms with Gasteiger partial charge in [0.2, 0.25) is 0 Å². The van der Waals surface area contributed by atoms with Crippen molar-refractivity contribution in [1.29, 1.82) is 0 Å². The van der Waals surface area contributed by atoms with Gasteiger partial charge in [-0.2, -0.15) is 5.10 Å². The summed E-state index contributed by atoms with van der Waals surface area (Å²) in [7, 11) is 0. The number of nitrogens with zero attached hydrogens (tertiary/aromatic N) is 3. The molecule has 1 atom stereocenters. The molecule has 2 heterocycles. The van der Waals surface area contributed by atoms with Gasteiger partial charge in [-0.1, -0.05) is 20.8 Å². The Morgan fingerprint density at radius 2 is 2.04 bits per heavy atom. The molecule has 1 unspecified atom stereocenters. The molecule has 2 fully saturated rings. The van der Waals surface area contributed by atoms with Crippen molar-refractivity contribution in [3.63, 3.8) is 0 Å². The molecule has 128 valence electrons. The van der Waals surface area contributed by atoms with Crippen LogP contribution in [0.3, 0.4) is 0 Å². The van der Waals surface area contributed by atoms with Crippen LogP contribution in [0.4, 0.5) is 0 Å². The summed E-state index contributed by atoms with van der Waals surface area (Å²) < 4.78 is 1.62. The summed E-state index contributed by atoms with van der Waals surface area (Å²) in [5, 5.41) is 15.0. The van der Waals surface area contributed by atoms with E-state index in [1.54, 1.807) is 10.7 Å². The summed E-state index contributed by atoms with van der Waals surface area (Å²) in [4.78, 5) is 14.5. The molecule has 1 aliphatic carbocycles. The van der Waals surface area contributed by atoms with Crippen LogP contribution in [0.25, 0.3) is 0 Å². The number of β-amino-alcohol motifs (C(OH)–C–C–N with tert-alkyl or cyclic N) is 1. The first-order valence-electron chi connectivity index (χ1n) is 8.82. The van der Waals surface area contributed by atoms with Crippen LogP contribution in [0.2, 0.25) is 0 Å². The molecule has 1 aromatic heterocycles. The molecule has 1 aliphatic heterocycles. The summed E-state index contributed by atoms with van der Waals surface area (Å²) >= 11 is 0. The van der Waals surface area contributed by atoms with Gasteiger partial charge in [0.1, 0.15) is 0 Å². The molecule has 23 heavy (non-hydrogen) atoms. The lowest BCUT2D eigenvalue weighted by Crippen LogP contribution is -2.50. The van der Waals surface area contributed by atoms with E-state index >= 15 is 0 Å². The van der Waals surface area contributed by atoms with E-state index in [0.717, 1.165) is 50.9 Å². The second kappa shape index (κ2) is 6.02. The predicted molar refractivity (Wildman–Crippen MR) is 90.6 cm³/mol. The Kier molecular flexibility index (Phi) is 4.36. The zero-order valence-corrected chi connectivity index (χ0v) is 14.6. The van der Waals surface area contributed by atoms with Crippen molar-refractivity contribution in [3.05, 3.63) is 28.2 Å².